The van der Waals surface area contributed by atoms with Gasteiger partial charge in [0.2, 0.25) is 0 Å². The van der Waals surface area contributed by atoms with E-state index in [-0.39, 0.29) is 32.0 Å². The van der Waals surface area contributed by atoms with Gasteiger partial charge >= 0.3 is 11.9 Å². The summed E-state index contributed by atoms with van der Waals surface area (Å²) < 4.78 is 25.1. The van der Waals surface area contributed by atoms with Crippen LogP contribution in [0.3, 0.4) is 0 Å². The maximum Gasteiger partial charge on any atom is 0.345 e. The molecule has 7 nitrogen and oxygen atoms in total. The second-order valence-electron chi connectivity index (χ2n) is 3.59. The molecule has 0 amide bonds. The molecule has 0 radical (unpaired) electrons. The Morgan fingerprint density at radius 1 is 0.632 bits per heavy atom. The lowest BCUT2D eigenvalue weighted by molar-refractivity contribution is -0.149. The molecule has 0 N–H and O–H groups in total. The number of carbonyl (C=O) groups is 2. The van der Waals surface area contributed by atoms with Gasteiger partial charge < -0.3 is 23.7 Å². The summed E-state index contributed by atoms with van der Waals surface area (Å²) in [5, 5.41) is 0. The first-order valence-corrected chi connectivity index (χ1v) is 5.98. The summed E-state index contributed by atoms with van der Waals surface area (Å²) in [6.07, 6.45) is 0. The fourth-order valence-electron chi connectivity index (χ4n) is 1.19. The van der Waals surface area contributed by atoms with Crippen molar-refractivity contribution in [1.82, 2.24) is 0 Å². The number of hydrogen-bond donors (Lipinski definition) is 0. The summed E-state index contributed by atoms with van der Waals surface area (Å²) in [7, 11) is 0. The molecule has 0 saturated carbocycles. The summed E-state index contributed by atoms with van der Waals surface area (Å²) in [5.74, 6) is -1.62. The Morgan fingerprint density at radius 3 is 1.32 bits per heavy atom. The Balaban J connectivity index is 2.37. The normalized spacial score (nSPS) is 21.6. The minimum Gasteiger partial charge on any atom is -0.459 e. The SMILES string of the molecule is C=C1C(=O)OCCOCCOCCOCCOC1=O. The van der Waals surface area contributed by atoms with Crippen LogP contribution in [0.4, 0.5) is 0 Å². The molecular weight excluding hydrogens is 256 g/mol. The van der Waals surface area contributed by atoms with Crippen LogP contribution in [0.1, 0.15) is 0 Å². The fourth-order valence-corrected chi connectivity index (χ4v) is 1.19. The molecule has 0 unspecified atom stereocenters. The first kappa shape index (κ1) is 15.6. The second kappa shape index (κ2) is 9.48. The molecule has 19 heavy (non-hydrogen) atoms. The highest BCUT2D eigenvalue weighted by atomic mass is 16.6. The van der Waals surface area contributed by atoms with Crippen LogP contribution < -0.4 is 0 Å². The van der Waals surface area contributed by atoms with E-state index < -0.39 is 11.9 Å². The third kappa shape index (κ3) is 6.90. The standard InChI is InChI=1S/C12H18O7/c1-10-11(13)18-8-6-16-4-2-15-3-5-17-7-9-19-12(10)14/h1-9H2. The number of carbonyl (C=O) groups excluding carboxylic acids is 2. The molecule has 1 rings (SSSR count). The van der Waals surface area contributed by atoms with E-state index >= 15 is 0 Å². The largest absolute Gasteiger partial charge is 0.459 e. The van der Waals surface area contributed by atoms with E-state index in [9.17, 15) is 9.59 Å². The van der Waals surface area contributed by atoms with Crippen LogP contribution in [0, 0.1) is 0 Å². The van der Waals surface area contributed by atoms with Gasteiger partial charge in [0.1, 0.15) is 18.8 Å². The van der Waals surface area contributed by atoms with Gasteiger partial charge in [-0.05, 0) is 0 Å². The van der Waals surface area contributed by atoms with Gasteiger partial charge in [-0.15, -0.1) is 0 Å². The molecule has 1 aliphatic heterocycles. The van der Waals surface area contributed by atoms with Crippen LogP contribution in [-0.2, 0) is 33.3 Å². The molecular formula is C12H18O7. The third-order valence-electron chi connectivity index (χ3n) is 2.16. The van der Waals surface area contributed by atoms with Crippen LogP contribution in [0.25, 0.3) is 0 Å². The highest BCUT2D eigenvalue weighted by molar-refractivity contribution is 6.13. The Bertz CT molecular complexity index is 285. The summed E-state index contributed by atoms with van der Waals surface area (Å²) >= 11 is 0. The minimum absolute atomic E-state index is 0.0498. The minimum atomic E-state index is -0.808. The van der Waals surface area contributed by atoms with E-state index in [1.54, 1.807) is 0 Å². The number of hydrogen-bond acceptors (Lipinski definition) is 7. The van der Waals surface area contributed by atoms with E-state index in [0.717, 1.165) is 0 Å². The molecule has 1 saturated heterocycles. The van der Waals surface area contributed by atoms with E-state index in [4.69, 9.17) is 23.7 Å². The number of ether oxygens (including phenoxy) is 5. The summed E-state index contributed by atoms with van der Waals surface area (Å²) in [6, 6.07) is 0. The molecule has 0 spiro atoms. The molecule has 0 aromatic carbocycles. The van der Waals surface area contributed by atoms with Gasteiger partial charge in [0.05, 0.1) is 39.6 Å². The first-order chi connectivity index (χ1) is 9.22. The van der Waals surface area contributed by atoms with E-state index in [2.05, 4.69) is 6.58 Å². The van der Waals surface area contributed by atoms with Gasteiger partial charge in [0, 0.05) is 0 Å². The molecule has 0 aliphatic carbocycles. The Kier molecular flexibility index (Phi) is 7.80. The first-order valence-electron chi connectivity index (χ1n) is 5.98. The maximum atomic E-state index is 11.4. The lowest BCUT2D eigenvalue weighted by atomic mass is 10.3. The predicted octanol–water partition coefficient (Wildman–Crippen LogP) is -0.308. The van der Waals surface area contributed by atoms with Crippen molar-refractivity contribution in [3.05, 3.63) is 12.2 Å². The van der Waals surface area contributed by atoms with Crippen molar-refractivity contribution < 1.29 is 33.3 Å². The van der Waals surface area contributed by atoms with Gasteiger partial charge in [-0.3, -0.25) is 0 Å². The highest BCUT2D eigenvalue weighted by Crippen LogP contribution is 1.99. The molecule has 0 bridgehead atoms. The van der Waals surface area contributed by atoms with Crippen LogP contribution in [0.15, 0.2) is 12.2 Å². The summed E-state index contributed by atoms with van der Waals surface area (Å²) in [6.45, 7) is 5.58. The quantitative estimate of drug-likeness (QED) is 0.340. The van der Waals surface area contributed by atoms with E-state index in [1.807, 2.05) is 0 Å². The molecule has 0 atom stereocenters. The van der Waals surface area contributed by atoms with Crippen molar-refractivity contribution >= 4 is 11.9 Å². The fraction of sp³-hybridized carbons (Fsp3) is 0.667. The zero-order valence-electron chi connectivity index (χ0n) is 10.7. The topological polar surface area (TPSA) is 80.3 Å². The molecule has 1 heterocycles. The number of esters is 2. The third-order valence-corrected chi connectivity index (χ3v) is 2.16. The molecule has 1 fully saturated rings. The zero-order chi connectivity index (χ0) is 13.9. The van der Waals surface area contributed by atoms with E-state index in [0.29, 0.717) is 26.4 Å². The monoisotopic (exact) mass is 274 g/mol. The van der Waals surface area contributed by atoms with Crippen LogP contribution in [-0.4, -0.2) is 64.8 Å². The number of rotatable bonds is 0. The van der Waals surface area contributed by atoms with E-state index in [1.165, 1.54) is 0 Å². The van der Waals surface area contributed by atoms with Crippen molar-refractivity contribution in [2.45, 2.75) is 0 Å². The Labute approximate surface area is 111 Å². The van der Waals surface area contributed by atoms with Gasteiger partial charge in [0.15, 0.2) is 0 Å². The summed E-state index contributed by atoms with van der Waals surface area (Å²) in [5.41, 5.74) is -0.338. The zero-order valence-corrected chi connectivity index (χ0v) is 10.7. The second-order valence-corrected chi connectivity index (χ2v) is 3.59. The van der Waals surface area contributed by atoms with Crippen molar-refractivity contribution in [1.29, 1.82) is 0 Å². The van der Waals surface area contributed by atoms with Gasteiger partial charge in [0.25, 0.3) is 0 Å². The molecule has 0 aromatic rings. The van der Waals surface area contributed by atoms with Crippen molar-refractivity contribution in [3.8, 4) is 0 Å². The highest BCUT2D eigenvalue weighted by Gasteiger charge is 2.18. The molecule has 1 aliphatic rings. The van der Waals surface area contributed by atoms with Crippen LogP contribution >= 0.6 is 0 Å². The van der Waals surface area contributed by atoms with Crippen molar-refractivity contribution in [2.24, 2.45) is 0 Å². The van der Waals surface area contributed by atoms with Gasteiger partial charge in [-0.25, -0.2) is 9.59 Å². The van der Waals surface area contributed by atoms with Crippen LogP contribution in [0.5, 0.6) is 0 Å². The lowest BCUT2D eigenvalue weighted by Crippen LogP contribution is -2.21. The van der Waals surface area contributed by atoms with Crippen molar-refractivity contribution in [2.75, 3.05) is 52.9 Å². The lowest BCUT2D eigenvalue weighted by Gasteiger charge is -2.10. The van der Waals surface area contributed by atoms with Crippen LogP contribution in [0.2, 0.25) is 0 Å². The average molecular weight is 274 g/mol. The van der Waals surface area contributed by atoms with Gasteiger partial charge in [-0.1, -0.05) is 6.58 Å². The predicted molar refractivity (Wildman–Crippen MR) is 63.5 cm³/mol. The smallest absolute Gasteiger partial charge is 0.345 e. The Morgan fingerprint density at radius 2 is 0.947 bits per heavy atom. The average Bonchev–Trinajstić information content (AvgIpc) is 2.41. The van der Waals surface area contributed by atoms with Gasteiger partial charge in [-0.2, -0.15) is 0 Å². The maximum absolute atomic E-state index is 11.4. The summed E-state index contributed by atoms with van der Waals surface area (Å²) in [4.78, 5) is 22.8. The Hall–Kier alpha value is -1.44. The molecule has 108 valence electrons. The van der Waals surface area contributed by atoms with Crippen molar-refractivity contribution in [3.63, 3.8) is 0 Å². The molecule has 0 aromatic heterocycles. The molecule has 7 heteroatoms. The number of cyclic esters (lactones) is 2.